The van der Waals surface area contributed by atoms with E-state index in [0.717, 1.165) is 0 Å². The van der Waals surface area contributed by atoms with Gasteiger partial charge in [-0.2, -0.15) is 0 Å². The molecular formula is C38H52Si3. The Morgan fingerprint density at radius 3 is 0.707 bits per heavy atom. The highest BCUT2D eigenvalue weighted by molar-refractivity contribution is 6.89. The first-order valence-electron chi connectivity index (χ1n) is 15.3. The molecule has 4 aromatic carbocycles. The Morgan fingerprint density at radius 2 is 0.512 bits per heavy atom. The molecule has 0 radical (unpaired) electrons. The van der Waals surface area contributed by atoms with Gasteiger partial charge in [0.15, 0.2) is 0 Å². The van der Waals surface area contributed by atoms with Crippen molar-refractivity contribution in [2.75, 3.05) is 0 Å². The fourth-order valence-corrected chi connectivity index (χ4v) is 9.38. The normalized spacial score (nSPS) is 13.4. The SMILES string of the molecule is CC(C)(C)c1ccc(C(c2ccc([Si](C)(C)C)cc2)(c2ccc([Si](C)(C)C)cc2)c2ccc([Si](C)(C)C)cc2)cc1. The van der Waals surface area contributed by atoms with Gasteiger partial charge in [-0.05, 0) is 33.2 Å². The second kappa shape index (κ2) is 11.0. The van der Waals surface area contributed by atoms with E-state index in [1.54, 1.807) is 0 Å². The van der Waals surface area contributed by atoms with E-state index in [-0.39, 0.29) is 5.41 Å². The molecule has 216 valence electrons. The average molecular weight is 593 g/mol. The fourth-order valence-electron chi connectivity index (χ4n) is 5.88. The Kier molecular flexibility index (Phi) is 8.43. The molecule has 0 saturated carbocycles. The first kappa shape index (κ1) is 31.5. The molecule has 3 heteroatoms. The van der Waals surface area contributed by atoms with Gasteiger partial charge in [-0.3, -0.25) is 0 Å². The lowest BCUT2D eigenvalue weighted by Crippen LogP contribution is -2.40. The molecule has 0 heterocycles. The highest BCUT2D eigenvalue weighted by Crippen LogP contribution is 2.45. The minimum absolute atomic E-state index is 0.109. The van der Waals surface area contributed by atoms with Crippen molar-refractivity contribution in [1.82, 2.24) is 0 Å². The minimum Gasteiger partial charge on any atom is -0.0656 e. The molecule has 4 rings (SSSR count). The van der Waals surface area contributed by atoms with Gasteiger partial charge in [0.1, 0.15) is 0 Å². The molecule has 0 saturated heterocycles. The van der Waals surface area contributed by atoms with Crippen LogP contribution in [0.1, 0.15) is 48.6 Å². The van der Waals surface area contributed by atoms with Crippen molar-refractivity contribution in [3.8, 4) is 0 Å². The number of hydrogen-bond donors (Lipinski definition) is 0. The second-order valence-electron chi connectivity index (χ2n) is 16.1. The molecule has 0 bridgehead atoms. The topological polar surface area (TPSA) is 0 Å². The maximum atomic E-state index is 2.44. The summed E-state index contributed by atoms with van der Waals surface area (Å²) in [5.41, 5.74) is 6.40. The Morgan fingerprint density at radius 1 is 0.317 bits per heavy atom. The predicted molar refractivity (Wildman–Crippen MR) is 192 cm³/mol. The molecule has 0 unspecified atom stereocenters. The molecule has 0 aromatic heterocycles. The van der Waals surface area contributed by atoms with Gasteiger partial charge in [-0.25, -0.2) is 0 Å². The molecule has 0 N–H and O–H groups in total. The highest BCUT2D eigenvalue weighted by atomic mass is 28.3. The molecule has 41 heavy (non-hydrogen) atoms. The summed E-state index contributed by atoms with van der Waals surface area (Å²) in [5, 5.41) is 4.50. The van der Waals surface area contributed by atoms with Crippen LogP contribution >= 0.6 is 0 Å². The van der Waals surface area contributed by atoms with Gasteiger partial charge in [-0.1, -0.05) is 192 Å². The van der Waals surface area contributed by atoms with Crippen LogP contribution in [0.2, 0.25) is 58.9 Å². The maximum absolute atomic E-state index is 2.44. The van der Waals surface area contributed by atoms with Crippen molar-refractivity contribution in [2.24, 2.45) is 0 Å². The molecule has 4 aromatic rings. The van der Waals surface area contributed by atoms with Crippen LogP contribution in [0.15, 0.2) is 97.1 Å². The van der Waals surface area contributed by atoms with E-state index in [1.165, 1.54) is 43.4 Å². The summed E-state index contributed by atoms with van der Waals surface area (Å²) in [5.74, 6) is 0. The smallest absolute Gasteiger partial charge is 0.0656 e. The van der Waals surface area contributed by atoms with Crippen LogP contribution < -0.4 is 15.6 Å². The molecule has 0 spiro atoms. The molecule has 0 aliphatic carbocycles. The van der Waals surface area contributed by atoms with Crippen molar-refractivity contribution < 1.29 is 0 Å². The van der Waals surface area contributed by atoms with Crippen molar-refractivity contribution in [3.05, 3.63) is 125 Å². The van der Waals surface area contributed by atoms with Crippen molar-refractivity contribution in [1.29, 1.82) is 0 Å². The third-order valence-electron chi connectivity index (χ3n) is 8.74. The first-order chi connectivity index (χ1) is 18.8. The van der Waals surface area contributed by atoms with Crippen LogP contribution in [0.5, 0.6) is 0 Å². The molecule has 0 nitrogen and oxygen atoms in total. The van der Waals surface area contributed by atoms with E-state index in [0.29, 0.717) is 0 Å². The van der Waals surface area contributed by atoms with Gasteiger partial charge in [0, 0.05) is 0 Å². The van der Waals surface area contributed by atoms with Gasteiger partial charge >= 0.3 is 0 Å². The standard InChI is InChI=1S/C38H52Si3/c1-37(2,3)29-13-15-30(16-14-29)38(31-17-23-34(24-18-31)39(4,5)6,32-19-25-35(26-20-32)40(7,8)9)33-21-27-36(28-22-33)41(10,11)12/h13-28H,1-12H3. The van der Waals surface area contributed by atoms with E-state index in [4.69, 9.17) is 0 Å². The quantitative estimate of drug-likeness (QED) is 0.148. The summed E-state index contributed by atoms with van der Waals surface area (Å²) in [6, 6.07) is 38.5. The molecule has 0 aliphatic heterocycles. The zero-order valence-electron chi connectivity index (χ0n) is 27.7. The summed E-state index contributed by atoms with van der Waals surface area (Å²) in [6.45, 7) is 28.8. The molecule has 0 fully saturated rings. The van der Waals surface area contributed by atoms with E-state index < -0.39 is 29.6 Å². The van der Waals surface area contributed by atoms with E-state index in [1.807, 2.05) is 0 Å². The van der Waals surface area contributed by atoms with E-state index in [2.05, 4.69) is 177 Å². The minimum atomic E-state index is -1.43. The Bertz CT molecular complexity index is 1210. The lowest BCUT2D eigenvalue weighted by molar-refractivity contribution is 0.589. The zero-order valence-corrected chi connectivity index (χ0v) is 30.7. The van der Waals surface area contributed by atoms with Crippen LogP contribution in [0.25, 0.3) is 0 Å². The molecular weight excluding hydrogens is 541 g/mol. The number of hydrogen-bond acceptors (Lipinski definition) is 0. The third-order valence-corrected chi connectivity index (χ3v) is 14.9. The van der Waals surface area contributed by atoms with Gasteiger partial charge in [-0.15, -0.1) is 0 Å². The van der Waals surface area contributed by atoms with Crippen molar-refractivity contribution in [2.45, 2.75) is 90.5 Å². The Hall–Kier alpha value is -2.47. The van der Waals surface area contributed by atoms with Crippen LogP contribution in [0.4, 0.5) is 0 Å². The summed E-state index contributed by atoms with van der Waals surface area (Å²) < 4.78 is 0. The predicted octanol–water partition coefficient (Wildman–Crippen LogP) is 9.00. The zero-order chi connectivity index (χ0) is 30.4. The van der Waals surface area contributed by atoms with Crippen LogP contribution in [0, 0.1) is 0 Å². The lowest BCUT2D eigenvalue weighted by Gasteiger charge is -2.38. The highest BCUT2D eigenvalue weighted by Gasteiger charge is 2.39. The third kappa shape index (κ3) is 6.48. The largest absolute Gasteiger partial charge is 0.0775 e. The Labute approximate surface area is 254 Å². The van der Waals surface area contributed by atoms with E-state index >= 15 is 0 Å². The van der Waals surface area contributed by atoms with E-state index in [9.17, 15) is 0 Å². The summed E-state index contributed by atoms with van der Waals surface area (Å²) >= 11 is 0. The van der Waals surface area contributed by atoms with Gasteiger partial charge in [0.25, 0.3) is 0 Å². The Balaban J connectivity index is 2.09. The monoisotopic (exact) mass is 592 g/mol. The van der Waals surface area contributed by atoms with Crippen LogP contribution in [-0.4, -0.2) is 24.2 Å². The first-order valence-corrected chi connectivity index (χ1v) is 25.8. The number of rotatable bonds is 7. The second-order valence-corrected chi connectivity index (χ2v) is 31.3. The summed E-state index contributed by atoms with van der Waals surface area (Å²) in [4.78, 5) is 0. The van der Waals surface area contributed by atoms with Crippen molar-refractivity contribution >= 4 is 39.8 Å². The van der Waals surface area contributed by atoms with Gasteiger partial charge in [0.2, 0.25) is 0 Å². The average Bonchev–Trinajstić information content (AvgIpc) is 2.88. The van der Waals surface area contributed by atoms with Crippen molar-refractivity contribution in [3.63, 3.8) is 0 Å². The summed E-state index contributed by atoms with van der Waals surface area (Å²) in [7, 11) is -4.29. The lowest BCUT2D eigenvalue weighted by atomic mass is 9.65. The number of benzene rings is 4. The fraction of sp³-hybridized carbons (Fsp3) is 0.368. The van der Waals surface area contributed by atoms with Gasteiger partial charge < -0.3 is 0 Å². The summed E-state index contributed by atoms with van der Waals surface area (Å²) in [6.07, 6.45) is 0. The molecule has 0 amide bonds. The maximum Gasteiger partial charge on any atom is 0.0775 e. The van der Waals surface area contributed by atoms with Crippen LogP contribution in [-0.2, 0) is 10.8 Å². The van der Waals surface area contributed by atoms with Crippen LogP contribution in [0.3, 0.4) is 0 Å². The molecule has 0 atom stereocenters. The van der Waals surface area contributed by atoms with Gasteiger partial charge in [0.05, 0.1) is 29.6 Å². The molecule has 0 aliphatic rings.